The summed E-state index contributed by atoms with van der Waals surface area (Å²) in [4.78, 5) is 5.72. The van der Waals surface area contributed by atoms with Gasteiger partial charge in [0.15, 0.2) is 0 Å². The highest BCUT2D eigenvalue weighted by atomic mass is 19.1. The van der Waals surface area contributed by atoms with Crippen LogP contribution in [0.2, 0.25) is 0 Å². The number of halogens is 1. The Labute approximate surface area is 117 Å². The summed E-state index contributed by atoms with van der Waals surface area (Å²) in [6.45, 7) is 0.738. The van der Waals surface area contributed by atoms with E-state index >= 15 is 0 Å². The molecule has 0 spiro atoms. The maximum Gasteiger partial charge on any atom is 0.214 e. The second-order valence-corrected chi connectivity index (χ2v) is 4.96. The fourth-order valence-electron chi connectivity index (χ4n) is 2.33. The number of rotatable bonds is 5. The summed E-state index contributed by atoms with van der Waals surface area (Å²) in [5.41, 5.74) is 11.7. The lowest BCUT2D eigenvalue weighted by molar-refractivity contribution is 0.463. The van der Waals surface area contributed by atoms with Gasteiger partial charge in [-0.3, -0.25) is 5.43 Å². The van der Waals surface area contributed by atoms with E-state index in [9.17, 15) is 4.39 Å². The van der Waals surface area contributed by atoms with E-state index in [1.807, 2.05) is 11.9 Å². The second kappa shape index (κ2) is 6.61. The Bertz CT molecular complexity index is 488. The Morgan fingerprint density at radius 2 is 2.30 bits per heavy atom. The molecule has 0 saturated carbocycles. The lowest BCUT2D eigenvalue weighted by Gasteiger charge is -2.20. The van der Waals surface area contributed by atoms with Crippen molar-refractivity contribution in [1.29, 1.82) is 5.26 Å². The third-order valence-electron chi connectivity index (χ3n) is 3.51. The fourth-order valence-corrected chi connectivity index (χ4v) is 2.33. The minimum atomic E-state index is -0.480. The monoisotopic (exact) mass is 278 g/mol. The summed E-state index contributed by atoms with van der Waals surface area (Å²) >= 11 is 0. The van der Waals surface area contributed by atoms with E-state index in [0.717, 1.165) is 19.4 Å². The molecule has 2 heterocycles. The third-order valence-corrected chi connectivity index (χ3v) is 3.51. The van der Waals surface area contributed by atoms with Crippen LogP contribution < -0.4 is 21.5 Å². The number of hydrogen-bond acceptors (Lipinski definition) is 6. The molecule has 3 atom stereocenters. The third kappa shape index (κ3) is 3.42. The molecule has 2 rings (SSSR count). The molecular weight excluding hydrogens is 259 g/mol. The van der Waals surface area contributed by atoms with Crippen LogP contribution in [0.4, 0.5) is 10.2 Å². The van der Waals surface area contributed by atoms with Crippen molar-refractivity contribution in [1.82, 2.24) is 15.8 Å². The number of nitrogens with one attached hydrogen (secondary N) is 2. The highest BCUT2D eigenvalue weighted by Crippen LogP contribution is 2.16. The quantitative estimate of drug-likeness (QED) is 0.673. The summed E-state index contributed by atoms with van der Waals surface area (Å²) < 4.78 is 13.0. The second-order valence-electron chi connectivity index (χ2n) is 4.96. The smallest absolute Gasteiger partial charge is 0.214 e. The van der Waals surface area contributed by atoms with Gasteiger partial charge in [0.1, 0.15) is 5.82 Å². The number of nitrogens with two attached hydrogens (primary N) is 1. The Morgan fingerprint density at radius 1 is 1.50 bits per heavy atom. The average Bonchev–Trinajstić information content (AvgIpc) is 2.79. The van der Waals surface area contributed by atoms with E-state index in [4.69, 9.17) is 11.0 Å². The van der Waals surface area contributed by atoms with Gasteiger partial charge in [0.2, 0.25) is 5.95 Å². The molecule has 1 fully saturated rings. The molecule has 1 aromatic heterocycles. The molecule has 1 aliphatic rings. The topological polar surface area (TPSA) is 90.0 Å². The van der Waals surface area contributed by atoms with Gasteiger partial charge < -0.3 is 10.6 Å². The van der Waals surface area contributed by atoms with Crippen molar-refractivity contribution in [3.63, 3.8) is 0 Å². The van der Waals surface area contributed by atoms with Gasteiger partial charge in [-0.15, -0.1) is 0 Å². The fraction of sp³-hybridized carbons (Fsp3) is 0.538. The summed E-state index contributed by atoms with van der Waals surface area (Å²) in [7, 11) is 1.87. The zero-order chi connectivity index (χ0) is 14.5. The van der Waals surface area contributed by atoms with E-state index in [1.165, 1.54) is 6.07 Å². The molecule has 108 valence electrons. The molecule has 1 aromatic rings. The Kier molecular flexibility index (Phi) is 4.84. The molecule has 0 bridgehead atoms. The van der Waals surface area contributed by atoms with Gasteiger partial charge in [-0.1, -0.05) is 6.07 Å². The van der Waals surface area contributed by atoms with Gasteiger partial charge in [0.05, 0.1) is 18.2 Å². The van der Waals surface area contributed by atoms with Crippen LogP contribution in [-0.4, -0.2) is 30.8 Å². The number of hydrazine groups is 1. The van der Waals surface area contributed by atoms with Crippen LogP contribution in [0, 0.1) is 23.2 Å². The number of nitriles is 1. The van der Waals surface area contributed by atoms with Crippen molar-refractivity contribution in [2.45, 2.75) is 25.0 Å². The van der Waals surface area contributed by atoms with Gasteiger partial charge in [-0.25, -0.2) is 10.4 Å². The van der Waals surface area contributed by atoms with Crippen molar-refractivity contribution < 1.29 is 4.39 Å². The molecular formula is C13H19FN6. The lowest BCUT2D eigenvalue weighted by Crippen LogP contribution is -2.38. The molecule has 1 saturated heterocycles. The van der Waals surface area contributed by atoms with Crippen LogP contribution in [0.5, 0.6) is 0 Å². The first kappa shape index (κ1) is 14.7. The molecule has 3 unspecified atom stereocenters. The molecule has 1 aliphatic heterocycles. The summed E-state index contributed by atoms with van der Waals surface area (Å²) in [5.74, 6) is -0.102. The number of pyridine rings is 1. The van der Waals surface area contributed by atoms with E-state index in [0.29, 0.717) is 5.82 Å². The molecule has 20 heavy (non-hydrogen) atoms. The summed E-state index contributed by atoms with van der Waals surface area (Å²) in [6, 6.07) is 7.00. The van der Waals surface area contributed by atoms with Gasteiger partial charge in [0.25, 0.3) is 0 Å². The number of aromatic nitrogens is 1. The number of anilines is 1. The normalized spacial score (nSPS) is 25.4. The number of nitrogens with zero attached hydrogens (tertiary/aromatic N) is 3. The van der Waals surface area contributed by atoms with Crippen LogP contribution in [0.1, 0.15) is 12.8 Å². The minimum Gasteiger partial charge on any atom is -0.360 e. The zero-order valence-corrected chi connectivity index (χ0v) is 11.4. The van der Waals surface area contributed by atoms with E-state index in [1.54, 1.807) is 12.1 Å². The number of hydrogen-bond donors (Lipinski definition) is 3. The highest BCUT2D eigenvalue weighted by Gasteiger charge is 2.32. The van der Waals surface area contributed by atoms with Crippen molar-refractivity contribution in [3.05, 3.63) is 24.1 Å². The van der Waals surface area contributed by atoms with Crippen molar-refractivity contribution >= 4 is 5.82 Å². The van der Waals surface area contributed by atoms with Crippen LogP contribution in [-0.2, 0) is 0 Å². The average molecular weight is 278 g/mol. The maximum absolute atomic E-state index is 13.0. The van der Waals surface area contributed by atoms with Crippen molar-refractivity contribution in [2.24, 2.45) is 11.7 Å². The van der Waals surface area contributed by atoms with Crippen molar-refractivity contribution in [3.8, 4) is 6.07 Å². The van der Waals surface area contributed by atoms with E-state index in [2.05, 4.69) is 21.9 Å². The Balaban J connectivity index is 1.80. The SMILES string of the molecule is CN(CCCC1NNC(N)C1C#N)c1cccc(F)n1. The van der Waals surface area contributed by atoms with Crippen LogP contribution >= 0.6 is 0 Å². The van der Waals surface area contributed by atoms with E-state index < -0.39 is 5.95 Å². The molecule has 0 radical (unpaired) electrons. The van der Waals surface area contributed by atoms with Gasteiger partial charge in [0, 0.05) is 19.6 Å². The predicted octanol–water partition coefficient (Wildman–Crippen LogP) is 0.338. The largest absolute Gasteiger partial charge is 0.360 e. The molecule has 7 heteroatoms. The minimum absolute atomic E-state index is 0.0452. The summed E-state index contributed by atoms with van der Waals surface area (Å²) in [6.07, 6.45) is 1.35. The van der Waals surface area contributed by atoms with Gasteiger partial charge in [-0.05, 0) is 25.0 Å². The molecule has 0 aliphatic carbocycles. The molecule has 0 aromatic carbocycles. The maximum atomic E-state index is 13.0. The first-order valence-corrected chi connectivity index (χ1v) is 6.62. The van der Waals surface area contributed by atoms with Crippen LogP contribution in [0.15, 0.2) is 18.2 Å². The first-order chi connectivity index (χ1) is 9.61. The Morgan fingerprint density at radius 3 is 3.00 bits per heavy atom. The van der Waals surface area contributed by atoms with E-state index in [-0.39, 0.29) is 18.1 Å². The van der Waals surface area contributed by atoms with Crippen molar-refractivity contribution in [2.75, 3.05) is 18.5 Å². The molecule has 6 nitrogen and oxygen atoms in total. The predicted molar refractivity (Wildman–Crippen MR) is 73.8 cm³/mol. The van der Waals surface area contributed by atoms with Gasteiger partial charge in [-0.2, -0.15) is 9.65 Å². The molecule has 4 N–H and O–H groups in total. The summed E-state index contributed by atoms with van der Waals surface area (Å²) in [5, 5.41) is 9.05. The van der Waals surface area contributed by atoms with Gasteiger partial charge >= 0.3 is 0 Å². The standard InChI is InChI=1S/C13H19FN6/c1-20(12-6-2-5-11(14)17-12)7-3-4-10-9(8-15)13(16)19-18-10/h2,5-6,9-10,13,18-19H,3-4,7,16H2,1H3. The molecule has 0 amide bonds. The van der Waals surface area contributed by atoms with Crippen LogP contribution in [0.3, 0.4) is 0 Å². The zero-order valence-electron chi connectivity index (χ0n) is 11.4. The van der Waals surface area contributed by atoms with Crippen LogP contribution in [0.25, 0.3) is 0 Å². The first-order valence-electron chi connectivity index (χ1n) is 6.62. The Hall–Kier alpha value is -1.75. The highest BCUT2D eigenvalue weighted by molar-refractivity contribution is 5.36. The lowest BCUT2D eigenvalue weighted by atomic mass is 9.97.